The van der Waals surface area contributed by atoms with Gasteiger partial charge in [0.1, 0.15) is 6.10 Å². The van der Waals surface area contributed by atoms with E-state index in [1.165, 1.54) is 0 Å². The van der Waals surface area contributed by atoms with Gasteiger partial charge in [-0.05, 0) is 33.4 Å². The lowest BCUT2D eigenvalue weighted by Crippen LogP contribution is -2.24. The van der Waals surface area contributed by atoms with E-state index in [1.54, 1.807) is 0 Å². The molecule has 0 aromatic rings. The third kappa shape index (κ3) is 10.2. The Balaban J connectivity index is 4.19. The standard InChI is InChI=1S/C11H21NO5S/c1-4-11(13)17-10(7-8-12(2)3)6-5-9-18(14,15)16/h4,10H,1,5-9H2,2-3H3,(H,14,15,16). The first-order valence-electron chi connectivity index (χ1n) is 5.67. The lowest BCUT2D eigenvalue weighted by molar-refractivity contribution is -0.143. The molecule has 6 nitrogen and oxygen atoms in total. The minimum atomic E-state index is -3.96. The molecule has 0 bridgehead atoms. The quantitative estimate of drug-likeness (QED) is 0.380. The van der Waals surface area contributed by atoms with Gasteiger partial charge in [-0.3, -0.25) is 4.55 Å². The van der Waals surface area contributed by atoms with E-state index in [4.69, 9.17) is 9.29 Å². The Morgan fingerprint density at radius 2 is 2.06 bits per heavy atom. The maximum absolute atomic E-state index is 11.1. The third-order valence-electron chi connectivity index (χ3n) is 2.28. The fourth-order valence-corrected chi connectivity index (χ4v) is 1.90. The highest BCUT2D eigenvalue weighted by Crippen LogP contribution is 2.09. The third-order valence-corrected chi connectivity index (χ3v) is 3.08. The number of nitrogens with zero attached hydrogens (tertiary/aromatic N) is 1. The van der Waals surface area contributed by atoms with Crippen molar-refractivity contribution in [2.75, 3.05) is 26.4 Å². The van der Waals surface area contributed by atoms with Crippen LogP contribution >= 0.6 is 0 Å². The van der Waals surface area contributed by atoms with Crippen LogP contribution in [0.4, 0.5) is 0 Å². The Kier molecular flexibility index (Phi) is 7.81. The maximum Gasteiger partial charge on any atom is 0.330 e. The Morgan fingerprint density at radius 1 is 1.44 bits per heavy atom. The van der Waals surface area contributed by atoms with E-state index in [-0.39, 0.29) is 18.3 Å². The summed E-state index contributed by atoms with van der Waals surface area (Å²) < 4.78 is 34.9. The van der Waals surface area contributed by atoms with E-state index in [0.717, 1.165) is 12.6 Å². The summed E-state index contributed by atoms with van der Waals surface area (Å²) >= 11 is 0. The lowest BCUT2D eigenvalue weighted by atomic mass is 10.1. The zero-order chi connectivity index (χ0) is 14.2. The number of ether oxygens (including phenoxy) is 1. The van der Waals surface area contributed by atoms with Crippen molar-refractivity contribution in [3.8, 4) is 0 Å². The number of carbonyl (C=O) groups excluding carboxylic acids is 1. The Labute approximate surface area is 108 Å². The van der Waals surface area contributed by atoms with E-state index in [9.17, 15) is 13.2 Å². The van der Waals surface area contributed by atoms with Gasteiger partial charge in [-0.25, -0.2) is 4.79 Å². The summed E-state index contributed by atoms with van der Waals surface area (Å²) in [7, 11) is -0.169. The van der Waals surface area contributed by atoms with Crippen molar-refractivity contribution in [2.45, 2.75) is 25.4 Å². The van der Waals surface area contributed by atoms with Crippen LogP contribution in [0.25, 0.3) is 0 Å². The average molecular weight is 279 g/mol. The summed E-state index contributed by atoms with van der Waals surface area (Å²) in [5.74, 6) is -0.845. The van der Waals surface area contributed by atoms with Gasteiger partial charge in [-0.15, -0.1) is 0 Å². The Bertz CT molecular complexity index is 364. The summed E-state index contributed by atoms with van der Waals surface area (Å²) in [6.07, 6.45) is 1.97. The number of hydrogen-bond acceptors (Lipinski definition) is 5. The van der Waals surface area contributed by atoms with Gasteiger partial charge in [-0.1, -0.05) is 6.58 Å². The molecule has 0 aliphatic carbocycles. The van der Waals surface area contributed by atoms with Gasteiger partial charge in [0, 0.05) is 12.6 Å². The first kappa shape index (κ1) is 17.1. The van der Waals surface area contributed by atoms with Crippen LogP contribution < -0.4 is 0 Å². The van der Waals surface area contributed by atoms with Crippen LogP contribution in [0, 0.1) is 0 Å². The normalized spacial score (nSPS) is 13.3. The van der Waals surface area contributed by atoms with Crippen molar-refractivity contribution >= 4 is 16.1 Å². The van der Waals surface area contributed by atoms with Crippen molar-refractivity contribution in [2.24, 2.45) is 0 Å². The van der Waals surface area contributed by atoms with Gasteiger partial charge in [0.2, 0.25) is 0 Å². The number of rotatable bonds is 9. The van der Waals surface area contributed by atoms with Crippen LogP contribution in [0.15, 0.2) is 12.7 Å². The van der Waals surface area contributed by atoms with Crippen molar-refractivity contribution in [1.82, 2.24) is 4.90 Å². The molecule has 1 atom stereocenters. The molecule has 0 rings (SSSR count). The first-order valence-corrected chi connectivity index (χ1v) is 7.28. The molecule has 0 saturated carbocycles. The fraction of sp³-hybridized carbons (Fsp3) is 0.727. The number of hydrogen-bond donors (Lipinski definition) is 1. The zero-order valence-corrected chi connectivity index (χ0v) is 11.6. The van der Waals surface area contributed by atoms with Gasteiger partial charge >= 0.3 is 5.97 Å². The molecule has 0 heterocycles. The molecule has 0 spiro atoms. The molecule has 0 aromatic carbocycles. The van der Waals surface area contributed by atoms with Gasteiger partial charge in [0.15, 0.2) is 0 Å². The molecule has 0 aliphatic heterocycles. The van der Waals surface area contributed by atoms with Crippen LogP contribution in [0.3, 0.4) is 0 Å². The molecule has 0 fully saturated rings. The molecule has 18 heavy (non-hydrogen) atoms. The minimum absolute atomic E-state index is 0.251. The molecule has 0 aliphatic rings. The molecule has 106 valence electrons. The van der Waals surface area contributed by atoms with Crippen molar-refractivity contribution < 1.29 is 22.5 Å². The largest absolute Gasteiger partial charge is 0.459 e. The maximum atomic E-state index is 11.1. The average Bonchev–Trinajstić information content (AvgIpc) is 2.23. The summed E-state index contributed by atoms with van der Waals surface area (Å²) in [6, 6.07) is 0. The molecule has 1 N–H and O–H groups in total. The molecular formula is C11H21NO5S. The van der Waals surface area contributed by atoms with E-state index in [1.807, 2.05) is 19.0 Å². The second-order valence-electron chi connectivity index (χ2n) is 4.28. The van der Waals surface area contributed by atoms with Crippen LogP contribution in [-0.2, 0) is 19.6 Å². The number of carbonyl (C=O) groups is 1. The van der Waals surface area contributed by atoms with Crippen LogP contribution in [0.1, 0.15) is 19.3 Å². The first-order chi connectivity index (χ1) is 8.24. The Hall–Kier alpha value is -0.920. The zero-order valence-electron chi connectivity index (χ0n) is 10.8. The molecule has 1 unspecified atom stereocenters. The van der Waals surface area contributed by atoms with Crippen LogP contribution in [0.5, 0.6) is 0 Å². The predicted octanol–water partition coefficient (Wildman–Crippen LogP) is 0.704. The molecule has 0 radical (unpaired) electrons. The minimum Gasteiger partial charge on any atom is -0.459 e. The summed E-state index contributed by atoms with van der Waals surface area (Å²) in [5, 5.41) is 0. The van der Waals surface area contributed by atoms with Crippen molar-refractivity contribution in [1.29, 1.82) is 0 Å². The highest BCUT2D eigenvalue weighted by atomic mass is 32.2. The molecule has 0 aromatic heterocycles. The SMILES string of the molecule is C=CC(=O)OC(CCCS(=O)(=O)O)CCN(C)C. The monoisotopic (exact) mass is 279 g/mol. The summed E-state index contributed by atoms with van der Waals surface area (Å²) in [6.45, 7) is 4.03. The summed E-state index contributed by atoms with van der Waals surface area (Å²) in [5.41, 5.74) is 0. The molecule has 0 saturated heterocycles. The number of esters is 1. The van der Waals surface area contributed by atoms with E-state index >= 15 is 0 Å². The lowest BCUT2D eigenvalue weighted by Gasteiger charge is -2.19. The molecule has 0 amide bonds. The van der Waals surface area contributed by atoms with E-state index < -0.39 is 16.1 Å². The van der Waals surface area contributed by atoms with Gasteiger partial charge in [-0.2, -0.15) is 8.42 Å². The van der Waals surface area contributed by atoms with Crippen molar-refractivity contribution in [3.05, 3.63) is 12.7 Å². The van der Waals surface area contributed by atoms with Gasteiger partial charge in [0.25, 0.3) is 10.1 Å². The van der Waals surface area contributed by atoms with Crippen LogP contribution in [0.2, 0.25) is 0 Å². The van der Waals surface area contributed by atoms with E-state index in [0.29, 0.717) is 12.8 Å². The predicted molar refractivity (Wildman–Crippen MR) is 68.9 cm³/mol. The van der Waals surface area contributed by atoms with E-state index in [2.05, 4.69) is 6.58 Å². The topological polar surface area (TPSA) is 83.9 Å². The molecule has 7 heteroatoms. The second kappa shape index (κ2) is 8.23. The highest BCUT2D eigenvalue weighted by Gasteiger charge is 2.14. The highest BCUT2D eigenvalue weighted by molar-refractivity contribution is 7.85. The Morgan fingerprint density at radius 3 is 2.50 bits per heavy atom. The van der Waals surface area contributed by atoms with Gasteiger partial charge < -0.3 is 9.64 Å². The molecular weight excluding hydrogens is 258 g/mol. The summed E-state index contributed by atoms with van der Waals surface area (Å²) in [4.78, 5) is 13.0. The van der Waals surface area contributed by atoms with Crippen molar-refractivity contribution in [3.63, 3.8) is 0 Å². The fourth-order valence-electron chi connectivity index (χ4n) is 1.37. The second-order valence-corrected chi connectivity index (χ2v) is 5.86. The van der Waals surface area contributed by atoms with Gasteiger partial charge in [0.05, 0.1) is 5.75 Å². The van der Waals surface area contributed by atoms with Crippen LogP contribution in [-0.4, -0.2) is 56.3 Å². The smallest absolute Gasteiger partial charge is 0.330 e.